The summed E-state index contributed by atoms with van der Waals surface area (Å²) in [6.07, 6.45) is 61.6. The number of ether oxygens (including phenoxy) is 2. The molecule has 0 aliphatic heterocycles. The van der Waals surface area contributed by atoms with Crippen molar-refractivity contribution in [2.75, 3.05) is 19.8 Å². The number of phosphoric acid groups is 1. The van der Waals surface area contributed by atoms with Crippen LogP contribution >= 0.6 is 7.82 Å². The van der Waals surface area contributed by atoms with Gasteiger partial charge in [-0.1, -0.05) is 296 Å². The zero-order chi connectivity index (χ0) is 45.1. The molecule has 62 heavy (non-hydrogen) atoms. The molecule has 0 spiro atoms. The van der Waals surface area contributed by atoms with Gasteiger partial charge in [-0.25, -0.2) is 4.57 Å². The van der Waals surface area contributed by atoms with Crippen LogP contribution in [0.3, 0.4) is 0 Å². The van der Waals surface area contributed by atoms with E-state index >= 15 is 0 Å². The highest BCUT2D eigenvalue weighted by Crippen LogP contribution is 2.36. The van der Waals surface area contributed by atoms with E-state index in [0.29, 0.717) is 13.0 Å². The average Bonchev–Trinajstić information content (AvgIpc) is 3.25. The lowest BCUT2D eigenvalue weighted by atomic mass is 10.0. The van der Waals surface area contributed by atoms with Gasteiger partial charge in [0.1, 0.15) is 6.10 Å². The Morgan fingerprint density at radius 3 is 0.871 bits per heavy atom. The summed E-state index contributed by atoms with van der Waals surface area (Å²) in [5, 5.41) is 0. The summed E-state index contributed by atoms with van der Waals surface area (Å²) in [6.45, 7) is 4.83. The van der Waals surface area contributed by atoms with E-state index in [0.717, 1.165) is 32.1 Å². The lowest BCUT2D eigenvalue weighted by Gasteiger charge is -2.18. The fraction of sp³-hybridized carbons (Fsp3) is 0.981. The molecule has 0 unspecified atom stereocenters. The number of carbonyl (C=O) groups is 1. The van der Waals surface area contributed by atoms with Crippen LogP contribution in [0.2, 0.25) is 0 Å². The van der Waals surface area contributed by atoms with Crippen molar-refractivity contribution < 1.29 is 33.1 Å². The molecule has 0 rings (SSSR count). The Bertz CT molecular complexity index is 911. The topological polar surface area (TPSA) is 102 Å². The minimum Gasteiger partial charge on any atom is -0.457 e. The summed E-state index contributed by atoms with van der Waals surface area (Å²) < 4.78 is 27.1. The third-order valence-electron chi connectivity index (χ3n) is 12.9. The molecule has 0 aromatic heterocycles. The summed E-state index contributed by atoms with van der Waals surface area (Å²) in [6, 6.07) is 0. The van der Waals surface area contributed by atoms with Crippen molar-refractivity contribution in [3.8, 4) is 0 Å². The van der Waals surface area contributed by atoms with Crippen molar-refractivity contribution in [1.29, 1.82) is 0 Å². The molecule has 372 valence electrons. The standard InChI is InChI=1S/C54H109O7P/c1-3-5-7-9-11-13-15-17-19-20-21-22-23-24-25-26-27-28-29-30-31-32-33-34-35-36-37-39-41-43-45-47-49-54(55)61-53(52-60-62(56,57)58)51-59-50-48-46-44-42-40-38-18-16-14-12-10-8-6-4-2/h53H,3-52H2,1-2H3,(H2,56,57,58)/t53-/m1/s1. The van der Waals surface area contributed by atoms with E-state index in [-0.39, 0.29) is 19.2 Å². The van der Waals surface area contributed by atoms with Gasteiger partial charge >= 0.3 is 13.8 Å². The molecule has 0 aromatic rings. The summed E-state index contributed by atoms with van der Waals surface area (Å²) in [4.78, 5) is 30.8. The normalized spacial score (nSPS) is 12.4. The molecule has 7 nitrogen and oxygen atoms in total. The predicted molar refractivity (Wildman–Crippen MR) is 267 cm³/mol. The number of rotatable bonds is 54. The largest absolute Gasteiger partial charge is 0.469 e. The zero-order valence-electron chi connectivity index (χ0n) is 41.8. The lowest BCUT2D eigenvalue weighted by molar-refractivity contribution is -0.154. The molecule has 0 aromatic carbocycles. The Balaban J connectivity index is 3.54. The quantitative estimate of drug-likeness (QED) is 0.0356. The van der Waals surface area contributed by atoms with E-state index in [1.165, 1.54) is 263 Å². The van der Waals surface area contributed by atoms with Gasteiger partial charge in [0, 0.05) is 13.0 Å². The fourth-order valence-electron chi connectivity index (χ4n) is 8.80. The molecule has 0 radical (unpaired) electrons. The van der Waals surface area contributed by atoms with Gasteiger partial charge < -0.3 is 19.3 Å². The minimum atomic E-state index is -4.65. The molecule has 0 aliphatic carbocycles. The highest BCUT2D eigenvalue weighted by atomic mass is 31.2. The highest BCUT2D eigenvalue weighted by Gasteiger charge is 2.21. The van der Waals surface area contributed by atoms with Crippen molar-refractivity contribution in [3.05, 3.63) is 0 Å². The van der Waals surface area contributed by atoms with E-state index in [1.807, 2.05) is 0 Å². The molecule has 0 saturated carbocycles. The van der Waals surface area contributed by atoms with Crippen LogP contribution in [-0.4, -0.2) is 41.7 Å². The van der Waals surface area contributed by atoms with E-state index in [4.69, 9.17) is 19.3 Å². The van der Waals surface area contributed by atoms with Crippen molar-refractivity contribution in [3.63, 3.8) is 0 Å². The molecule has 1 atom stereocenters. The maximum atomic E-state index is 12.5. The molecule has 8 heteroatoms. The minimum absolute atomic E-state index is 0.0871. The van der Waals surface area contributed by atoms with Gasteiger partial charge in [0.15, 0.2) is 0 Å². The Morgan fingerprint density at radius 1 is 0.371 bits per heavy atom. The van der Waals surface area contributed by atoms with Crippen molar-refractivity contribution >= 4 is 13.8 Å². The first-order valence-electron chi connectivity index (χ1n) is 27.9. The molecular weight excluding hydrogens is 792 g/mol. The Labute approximate surface area is 387 Å². The molecule has 0 saturated heterocycles. The molecule has 0 fully saturated rings. The molecule has 0 heterocycles. The first kappa shape index (κ1) is 61.5. The summed E-state index contributed by atoms with van der Waals surface area (Å²) in [5.41, 5.74) is 0. The van der Waals surface area contributed by atoms with Crippen LogP contribution in [0.5, 0.6) is 0 Å². The van der Waals surface area contributed by atoms with Crippen molar-refractivity contribution in [2.24, 2.45) is 0 Å². The van der Waals surface area contributed by atoms with E-state index in [9.17, 15) is 9.36 Å². The zero-order valence-corrected chi connectivity index (χ0v) is 42.7. The second-order valence-electron chi connectivity index (χ2n) is 19.3. The maximum Gasteiger partial charge on any atom is 0.469 e. The lowest BCUT2D eigenvalue weighted by Crippen LogP contribution is -2.28. The monoisotopic (exact) mass is 901 g/mol. The summed E-state index contributed by atoms with van der Waals surface area (Å²) in [5.74, 6) is -0.352. The van der Waals surface area contributed by atoms with Crippen LogP contribution in [0.1, 0.15) is 316 Å². The van der Waals surface area contributed by atoms with Gasteiger partial charge in [-0.05, 0) is 12.8 Å². The number of hydrogen-bond acceptors (Lipinski definition) is 5. The molecule has 0 aliphatic rings. The van der Waals surface area contributed by atoms with Crippen molar-refractivity contribution in [2.45, 2.75) is 322 Å². The van der Waals surface area contributed by atoms with Crippen LogP contribution in [0.25, 0.3) is 0 Å². The third-order valence-corrected chi connectivity index (χ3v) is 13.4. The van der Waals surface area contributed by atoms with Crippen LogP contribution in [-0.2, 0) is 23.4 Å². The van der Waals surface area contributed by atoms with Gasteiger partial charge in [0.25, 0.3) is 0 Å². The van der Waals surface area contributed by atoms with Gasteiger partial charge in [-0.3, -0.25) is 9.32 Å². The molecule has 0 bridgehead atoms. The van der Waals surface area contributed by atoms with Gasteiger partial charge in [-0.2, -0.15) is 0 Å². The molecule has 2 N–H and O–H groups in total. The molecule has 0 amide bonds. The van der Waals surface area contributed by atoms with Gasteiger partial charge in [0.05, 0.1) is 13.2 Å². The Kier molecular flexibility index (Phi) is 51.1. The van der Waals surface area contributed by atoms with E-state index in [2.05, 4.69) is 18.4 Å². The second kappa shape index (κ2) is 51.5. The first-order chi connectivity index (χ1) is 30.4. The van der Waals surface area contributed by atoms with Crippen molar-refractivity contribution in [1.82, 2.24) is 0 Å². The van der Waals surface area contributed by atoms with Gasteiger partial charge in [-0.15, -0.1) is 0 Å². The summed E-state index contributed by atoms with van der Waals surface area (Å²) >= 11 is 0. The van der Waals surface area contributed by atoms with Crippen LogP contribution in [0, 0.1) is 0 Å². The number of esters is 1. The second-order valence-corrected chi connectivity index (χ2v) is 20.5. The SMILES string of the molecule is CCCCCCCCCCCCCCCCCCCCCCCCCCCCCCCCCCC(=O)O[C@H](COCCCCCCCCCCCCCCCC)COP(=O)(O)O. The first-order valence-corrected chi connectivity index (χ1v) is 29.4. The number of hydrogen-bond donors (Lipinski definition) is 2. The Hall–Kier alpha value is -0.460. The predicted octanol–water partition coefficient (Wildman–Crippen LogP) is 18.4. The Morgan fingerprint density at radius 2 is 0.613 bits per heavy atom. The van der Waals surface area contributed by atoms with Gasteiger partial charge in [0.2, 0.25) is 0 Å². The number of carbonyl (C=O) groups excluding carboxylic acids is 1. The van der Waals surface area contributed by atoms with Crippen LogP contribution in [0.15, 0.2) is 0 Å². The maximum absolute atomic E-state index is 12.5. The highest BCUT2D eigenvalue weighted by molar-refractivity contribution is 7.46. The average molecular weight is 901 g/mol. The molecular formula is C54H109O7P. The van der Waals surface area contributed by atoms with E-state index in [1.54, 1.807) is 0 Å². The fourth-order valence-corrected chi connectivity index (χ4v) is 9.16. The van der Waals surface area contributed by atoms with Crippen LogP contribution < -0.4 is 0 Å². The number of phosphoric ester groups is 1. The summed E-state index contributed by atoms with van der Waals surface area (Å²) in [7, 11) is -4.65. The number of unbranched alkanes of at least 4 members (excludes halogenated alkanes) is 44. The van der Waals surface area contributed by atoms with Crippen LogP contribution in [0.4, 0.5) is 0 Å². The smallest absolute Gasteiger partial charge is 0.457 e. The van der Waals surface area contributed by atoms with E-state index < -0.39 is 13.9 Å². The third kappa shape index (κ3) is 53.9.